The van der Waals surface area contributed by atoms with Crippen molar-refractivity contribution in [1.82, 2.24) is 4.31 Å². The molecule has 0 radical (unpaired) electrons. The van der Waals surface area contributed by atoms with Crippen LogP contribution in [0, 0.1) is 5.92 Å². The molecule has 1 rings (SSSR count). The Bertz CT molecular complexity index is 359. The molecular formula is C10H19NO4S. The molecule has 1 aliphatic rings. The first-order valence-electron chi connectivity index (χ1n) is 5.50. The average Bonchev–Trinajstić information content (AvgIpc) is 2.95. The van der Waals surface area contributed by atoms with Gasteiger partial charge in [0.15, 0.2) is 5.25 Å². The van der Waals surface area contributed by atoms with E-state index in [1.165, 1.54) is 11.2 Å². The van der Waals surface area contributed by atoms with Crippen molar-refractivity contribution in [3.8, 4) is 0 Å². The van der Waals surface area contributed by atoms with Crippen LogP contribution in [0.25, 0.3) is 0 Å². The summed E-state index contributed by atoms with van der Waals surface area (Å²) in [4.78, 5) is 10.8. The molecule has 0 aromatic heterocycles. The number of nitrogens with zero attached hydrogens (tertiary/aromatic N) is 1. The summed E-state index contributed by atoms with van der Waals surface area (Å²) in [5.74, 6) is -0.875. The molecule has 1 aliphatic carbocycles. The molecule has 0 amide bonds. The minimum atomic E-state index is -3.72. The lowest BCUT2D eigenvalue weighted by atomic mass is 10.3. The predicted molar refractivity (Wildman–Crippen MR) is 60.6 cm³/mol. The van der Waals surface area contributed by atoms with E-state index in [1.807, 2.05) is 0 Å². The lowest BCUT2D eigenvalue weighted by Crippen LogP contribution is -2.45. The quantitative estimate of drug-likeness (QED) is 0.759. The lowest BCUT2D eigenvalue weighted by molar-refractivity contribution is -0.136. The van der Waals surface area contributed by atoms with E-state index < -0.39 is 21.2 Å². The van der Waals surface area contributed by atoms with Gasteiger partial charge >= 0.3 is 5.97 Å². The first-order chi connectivity index (χ1) is 7.26. The third-order valence-electron chi connectivity index (χ3n) is 2.83. The smallest absolute Gasteiger partial charge is 0.323 e. The fourth-order valence-electron chi connectivity index (χ4n) is 1.49. The second kappa shape index (κ2) is 4.71. The van der Waals surface area contributed by atoms with Crippen molar-refractivity contribution in [2.24, 2.45) is 5.92 Å². The normalized spacial score (nSPS) is 19.1. The van der Waals surface area contributed by atoms with Crippen LogP contribution in [0.4, 0.5) is 0 Å². The molecule has 1 unspecified atom stereocenters. The molecule has 1 atom stereocenters. The van der Waals surface area contributed by atoms with Crippen molar-refractivity contribution in [2.75, 3.05) is 6.54 Å². The van der Waals surface area contributed by atoms with Crippen molar-refractivity contribution in [3.63, 3.8) is 0 Å². The lowest BCUT2D eigenvalue weighted by Gasteiger charge is -2.27. The Balaban J connectivity index is 2.86. The number of hydrogen-bond donors (Lipinski definition) is 1. The highest BCUT2D eigenvalue weighted by Crippen LogP contribution is 2.31. The van der Waals surface area contributed by atoms with Gasteiger partial charge in [-0.3, -0.25) is 4.79 Å². The third kappa shape index (κ3) is 2.95. The Hall–Kier alpha value is -0.620. The van der Waals surface area contributed by atoms with Crippen LogP contribution in [0.3, 0.4) is 0 Å². The van der Waals surface area contributed by atoms with E-state index in [2.05, 4.69) is 0 Å². The molecular weight excluding hydrogens is 230 g/mol. The third-order valence-corrected chi connectivity index (χ3v) is 5.15. The zero-order valence-corrected chi connectivity index (χ0v) is 10.7. The standard InChI is InChI=1S/C10H19NO4S/c1-7(2)11(6-9-4-5-9)16(14,15)8(3)10(12)13/h7-9H,4-6H2,1-3H3,(H,12,13). The van der Waals surface area contributed by atoms with Gasteiger partial charge in [0.2, 0.25) is 10.0 Å². The number of aliphatic carboxylic acids is 1. The van der Waals surface area contributed by atoms with Crippen molar-refractivity contribution in [3.05, 3.63) is 0 Å². The van der Waals surface area contributed by atoms with Gasteiger partial charge < -0.3 is 5.11 Å². The van der Waals surface area contributed by atoms with Crippen LogP contribution in [-0.2, 0) is 14.8 Å². The maximum Gasteiger partial charge on any atom is 0.323 e. The van der Waals surface area contributed by atoms with Gasteiger partial charge in [0.1, 0.15) is 0 Å². The Kier molecular flexibility index (Phi) is 3.96. The van der Waals surface area contributed by atoms with E-state index in [0.29, 0.717) is 12.5 Å². The number of carboxylic acids is 1. The Morgan fingerprint density at radius 2 is 1.88 bits per heavy atom. The molecule has 0 heterocycles. The number of rotatable bonds is 6. The maximum absolute atomic E-state index is 12.0. The van der Waals surface area contributed by atoms with E-state index in [4.69, 9.17) is 5.11 Å². The van der Waals surface area contributed by atoms with Gasteiger partial charge in [0.05, 0.1) is 0 Å². The van der Waals surface area contributed by atoms with Crippen LogP contribution in [0.1, 0.15) is 33.6 Å². The first kappa shape index (κ1) is 13.4. The second-order valence-electron chi connectivity index (χ2n) is 4.63. The molecule has 94 valence electrons. The molecule has 0 spiro atoms. The monoisotopic (exact) mass is 249 g/mol. The minimum absolute atomic E-state index is 0.188. The van der Waals surface area contributed by atoms with Gasteiger partial charge in [-0.1, -0.05) is 0 Å². The van der Waals surface area contributed by atoms with E-state index in [9.17, 15) is 13.2 Å². The summed E-state index contributed by atoms with van der Waals surface area (Å²) in [6.45, 7) is 5.22. The molecule has 1 N–H and O–H groups in total. The highest BCUT2D eigenvalue weighted by atomic mass is 32.2. The van der Waals surface area contributed by atoms with Crippen LogP contribution < -0.4 is 0 Å². The molecule has 0 aromatic carbocycles. The maximum atomic E-state index is 12.0. The van der Waals surface area contributed by atoms with Crippen LogP contribution in [-0.4, -0.2) is 41.6 Å². The molecule has 6 heteroatoms. The molecule has 0 aliphatic heterocycles. The molecule has 1 fully saturated rings. The largest absolute Gasteiger partial charge is 0.480 e. The van der Waals surface area contributed by atoms with Crippen molar-refractivity contribution in [1.29, 1.82) is 0 Å². The SMILES string of the molecule is CC(C)N(CC1CC1)S(=O)(=O)C(C)C(=O)O. The van der Waals surface area contributed by atoms with E-state index >= 15 is 0 Å². The Morgan fingerprint density at radius 3 is 2.19 bits per heavy atom. The summed E-state index contributed by atoms with van der Waals surface area (Å²) in [6, 6.07) is -0.188. The second-order valence-corrected chi connectivity index (χ2v) is 6.84. The minimum Gasteiger partial charge on any atom is -0.480 e. The Morgan fingerprint density at radius 1 is 1.38 bits per heavy atom. The van der Waals surface area contributed by atoms with Crippen molar-refractivity contribution in [2.45, 2.75) is 44.9 Å². The molecule has 16 heavy (non-hydrogen) atoms. The van der Waals surface area contributed by atoms with Crippen LogP contribution in [0.2, 0.25) is 0 Å². The Labute approximate surface area is 96.5 Å². The summed E-state index contributed by atoms with van der Waals surface area (Å²) in [7, 11) is -3.72. The molecule has 0 aromatic rings. The van der Waals surface area contributed by atoms with Gasteiger partial charge in [0.25, 0.3) is 0 Å². The van der Waals surface area contributed by atoms with E-state index in [-0.39, 0.29) is 6.04 Å². The molecule has 0 saturated heterocycles. The number of carbonyl (C=O) groups is 1. The number of sulfonamides is 1. The fraction of sp³-hybridized carbons (Fsp3) is 0.900. The van der Waals surface area contributed by atoms with Gasteiger partial charge in [0, 0.05) is 12.6 Å². The van der Waals surface area contributed by atoms with Crippen molar-refractivity contribution >= 4 is 16.0 Å². The van der Waals surface area contributed by atoms with E-state index in [1.54, 1.807) is 13.8 Å². The molecule has 5 nitrogen and oxygen atoms in total. The highest BCUT2D eigenvalue weighted by molar-refractivity contribution is 7.90. The van der Waals surface area contributed by atoms with Gasteiger partial charge in [-0.25, -0.2) is 8.42 Å². The highest BCUT2D eigenvalue weighted by Gasteiger charge is 2.38. The zero-order valence-electron chi connectivity index (χ0n) is 9.88. The van der Waals surface area contributed by atoms with Crippen LogP contribution >= 0.6 is 0 Å². The summed E-state index contributed by atoms with van der Waals surface area (Å²) in [5.41, 5.74) is 0. The summed E-state index contributed by atoms with van der Waals surface area (Å²) < 4.78 is 25.4. The summed E-state index contributed by atoms with van der Waals surface area (Å²) >= 11 is 0. The van der Waals surface area contributed by atoms with Gasteiger partial charge in [-0.2, -0.15) is 4.31 Å². The summed E-state index contributed by atoms with van der Waals surface area (Å²) in [5, 5.41) is 7.43. The average molecular weight is 249 g/mol. The topological polar surface area (TPSA) is 74.7 Å². The number of carboxylic acid groups (broad SMARTS) is 1. The summed E-state index contributed by atoms with van der Waals surface area (Å²) in [6.07, 6.45) is 2.08. The van der Waals surface area contributed by atoms with Gasteiger partial charge in [-0.15, -0.1) is 0 Å². The number of hydrogen-bond acceptors (Lipinski definition) is 3. The predicted octanol–water partition coefficient (Wildman–Crippen LogP) is 0.910. The zero-order chi connectivity index (χ0) is 12.5. The molecule has 0 bridgehead atoms. The van der Waals surface area contributed by atoms with Crippen LogP contribution in [0.15, 0.2) is 0 Å². The van der Waals surface area contributed by atoms with Gasteiger partial charge in [-0.05, 0) is 39.5 Å². The first-order valence-corrected chi connectivity index (χ1v) is 7.00. The van der Waals surface area contributed by atoms with Crippen molar-refractivity contribution < 1.29 is 18.3 Å². The van der Waals surface area contributed by atoms with Crippen LogP contribution in [0.5, 0.6) is 0 Å². The van der Waals surface area contributed by atoms with E-state index in [0.717, 1.165) is 12.8 Å². The fourth-order valence-corrected chi connectivity index (χ4v) is 3.16. The molecule has 1 saturated carbocycles.